The average molecular weight is 197 g/mol. The third-order valence-corrected chi connectivity index (χ3v) is 1.76. The Morgan fingerprint density at radius 2 is 2.36 bits per heavy atom. The maximum Gasteiger partial charge on any atom is 0.158 e. The molecule has 0 aliphatic heterocycles. The second-order valence-electron chi connectivity index (χ2n) is 2.91. The Hall–Kier alpha value is -1.78. The molecule has 0 aliphatic carbocycles. The molecule has 0 aliphatic rings. The number of hydrogen-bond acceptors (Lipinski definition) is 3. The Morgan fingerprint density at radius 1 is 1.64 bits per heavy atom. The number of oxime groups is 1. The third kappa shape index (κ3) is 2.62. The number of nitrogens with two attached hydrogens (primary N) is 1. The van der Waals surface area contributed by atoms with Crippen molar-refractivity contribution < 1.29 is 9.60 Å². The van der Waals surface area contributed by atoms with Gasteiger partial charge in [-0.3, -0.25) is 0 Å². The van der Waals surface area contributed by atoms with Crippen molar-refractivity contribution >= 4 is 11.5 Å². The standard InChI is InChI=1S/C9H12FN3O/c1-6-4-7(2-3-8(6)10)12-5-9(11)13-14/h2-4,12,14H,5H2,1H3,(H2,11,13). The van der Waals surface area contributed by atoms with Crippen molar-refractivity contribution in [2.75, 3.05) is 11.9 Å². The zero-order valence-electron chi connectivity index (χ0n) is 7.79. The van der Waals surface area contributed by atoms with Gasteiger partial charge < -0.3 is 16.3 Å². The minimum absolute atomic E-state index is 0.0759. The highest BCUT2D eigenvalue weighted by molar-refractivity contribution is 5.84. The van der Waals surface area contributed by atoms with Crippen LogP contribution in [0.1, 0.15) is 5.56 Å². The van der Waals surface area contributed by atoms with E-state index in [0.717, 1.165) is 5.69 Å². The van der Waals surface area contributed by atoms with Crippen LogP contribution in [-0.2, 0) is 0 Å². The van der Waals surface area contributed by atoms with Crippen molar-refractivity contribution in [3.8, 4) is 0 Å². The molecule has 0 saturated heterocycles. The van der Waals surface area contributed by atoms with Crippen LogP contribution in [0.25, 0.3) is 0 Å². The van der Waals surface area contributed by atoms with Gasteiger partial charge in [-0.15, -0.1) is 0 Å². The van der Waals surface area contributed by atoms with Crippen LogP contribution in [0.15, 0.2) is 23.4 Å². The van der Waals surface area contributed by atoms with E-state index < -0.39 is 0 Å². The van der Waals surface area contributed by atoms with E-state index in [9.17, 15) is 4.39 Å². The van der Waals surface area contributed by atoms with E-state index >= 15 is 0 Å². The van der Waals surface area contributed by atoms with E-state index in [1.165, 1.54) is 6.07 Å². The van der Waals surface area contributed by atoms with Gasteiger partial charge in [-0.2, -0.15) is 0 Å². The molecule has 0 spiro atoms. The van der Waals surface area contributed by atoms with Gasteiger partial charge in [-0.1, -0.05) is 5.16 Å². The van der Waals surface area contributed by atoms with Gasteiger partial charge in [0.1, 0.15) is 5.82 Å². The van der Waals surface area contributed by atoms with Crippen molar-refractivity contribution in [2.45, 2.75) is 6.92 Å². The molecular weight excluding hydrogens is 185 g/mol. The summed E-state index contributed by atoms with van der Waals surface area (Å²) in [5.74, 6) is -0.175. The molecule has 0 fully saturated rings. The van der Waals surface area contributed by atoms with Crippen LogP contribution in [0.3, 0.4) is 0 Å². The van der Waals surface area contributed by atoms with Gasteiger partial charge in [-0.25, -0.2) is 4.39 Å². The normalized spacial score (nSPS) is 11.4. The number of benzene rings is 1. The molecule has 0 atom stereocenters. The lowest BCUT2D eigenvalue weighted by Crippen LogP contribution is -2.22. The molecule has 1 rings (SSSR count). The Kier molecular flexibility index (Phi) is 3.28. The number of anilines is 1. The van der Waals surface area contributed by atoms with Crippen LogP contribution in [0.2, 0.25) is 0 Å². The molecule has 0 unspecified atom stereocenters. The Labute approximate surface area is 81.2 Å². The van der Waals surface area contributed by atoms with Crippen molar-refractivity contribution in [2.24, 2.45) is 10.9 Å². The fourth-order valence-electron chi connectivity index (χ4n) is 0.983. The average Bonchev–Trinajstić information content (AvgIpc) is 2.19. The van der Waals surface area contributed by atoms with E-state index in [4.69, 9.17) is 10.9 Å². The number of nitrogens with one attached hydrogen (secondary N) is 1. The molecule has 0 heterocycles. The van der Waals surface area contributed by atoms with Crippen LogP contribution < -0.4 is 11.1 Å². The summed E-state index contributed by atoms with van der Waals surface area (Å²) in [6.45, 7) is 1.89. The van der Waals surface area contributed by atoms with Gasteiger partial charge in [0, 0.05) is 5.69 Å². The molecule has 0 saturated carbocycles. The molecule has 0 bridgehead atoms. The summed E-state index contributed by atoms with van der Waals surface area (Å²) < 4.78 is 12.8. The maximum absolute atomic E-state index is 12.8. The second-order valence-corrected chi connectivity index (χ2v) is 2.91. The van der Waals surface area contributed by atoms with E-state index in [1.54, 1.807) is 19.1 Å². The number of hydrogen-bond donors (Lipinski definition) is 3. The quantitative estimate of drug-likeness (QED) is 0.296. The highest BCUT2D eigenvalue weighted by atomic mass is 19.1. The maximum atomic E-state index is 12.8. The van der Waals surface area contributed by atoms with E-state index in [1.807, 2.05) is 0 Å². The number of rotatable bonds is 3. The second kappa shape index (κ2) is 4.45. The molecule has 4 N–H and O–H groups in total. The molecule has 76 valence electrons. The Balaban J connectivity index is 2.64. The SMILES string of the molecule is Cc1cc(NCC(N)=NO)ccc1F. The van der Waals surface area contributed by atoms with E-state index in [0.29, 0.717) is 5.56 Å². The summed E-state index contributed by atoms with van der Waals surface area (Å²) in [6, 6.07) is 4.61. The molecular formula is C9H12FN3O. The molecule has 4 nitrogen and oxygen atoms in total. The van der Waals surface area contributed by atoms with Gasteiger partial charge in [0.25, 0.3) is 0 Å². The molecule has 1 aromatic rings. The first-order chi connectivity index (χ1) is 6.63. The molecule has 0 aromatic heterocycles. The van der Waals surface area contributed by atoms with E-state index in [-0.39, 0.29) is 18.2 Å². The summed E-state index contributed by atoms with van der Waals surface area (Å²) in [5.41, 5.74) is 6.53. The summed E-state index contributed by atoms with van der Waals surface area (Å²) in [5, 5.41) is 14.0. The monoisotopic (exact) mass is 197 g/mol. The van der Waals surface area contributed by atoms with Gasteiger partial charge in [-0.05, 0) is 30.7 Å². The summed E-state index contributed by atoms with van der Waals surface area (Å²) >= 11 is 0. The van der Waals surface area contributed by atoms with Crippen LogP contribution in [-0.4, -0.2) is 17.6 Å². The zero-order valence-corrected chi connectivity index (χ0v) is 7.79. The summed E-state index contributed by atoms with van der Waals surface area (Å²) in [6.07, 6.45) is 0. The predicted molar refractivity (Wildman–Crippen MR) is 53.0 cm³/mol. The van der Waals surface area contributed by atoms with Gasteiger partial charge >= 0.3 is 0 Å². The zero-order chi connectivity index (χ0) is 10.6. The third-order valence-electron chi connectivity index (χ3n) is 1.76. The van der Waals surface area contributed by atoms with Crippen molar-refractivity contribution in [3.05, 3.63) is 29.6 Å². The lowest BCUT2D eigenvalue weighted by Gasteiger charge is -2.06. The lowest BCUT2D eigenvalue weighted by molar-refractivity contribution is 0.317. The first-order valence-electron chi connectivity index (χ1n) is 4.10. The topological polar surface area (TPSA) is 70.6 Å². The minimum atomic E-state index is -0.251. The first kappa shape index (κ1) is 10.3. The van der Waals surface area contributed by atoms with Gasteiger partial charge in [0.05, 0.1) is 6.54 Å². The van der Waals surface area contributed by atoms with Crippen molar-refractivity contribution in [1.82, 2.24) is 0 Å². The molecule has 5 heteroatoms. The number of halogens is 1. The van der Waals surface area contributed by atoms with Crippen molar-refractivity contribution in [1.29, 1.82) is 0 Å². The van der Waals surface area contributed by atoms with Crippen LogP contribution >= 0.6 is 0 Å². The van der Waals surface area contributed by atoms with E-state index in [2.05, 4.69) is 10.5 Å². The van der Waals surface area contributed by atoms with Gasteiger partial charge in [0.15, 0.2) is 5.84 Å². The summed E-state index contributed by atoms with van der Waals surface area (Å²) in [4.78, 5) is 0. The fourth-order valence-corrected chi connectivity index (χ4v) is 0.983. The highest BCUT2D eigenvalue weighted by Gasteiger charge is 1.99. The molecule has 14 heavy (non-hydrogen) atoms. The highest BCUT2D eigenvalue weighted by Crippen LogP contribution is 2.12. The fraction of sp³-hybridized carbons (Fsp3) is 0.222. The summed E-state index contributed by atoms with van der Waals surface area (Å²) in [7, 11) is 0. The Morgan fingerprint density at radius 3 is 2.93 bits per heavy atom. The van der Waals surface area contributed by atoms with Gasteiger partial charge in [0.2, 0.25) is 0 Å². The Bertz CT molecular complexity index is 352. The number of aryl methyl sites for hydroxylation is 1. The van der Waals surface area contributed by atoms with Crippen LogP contribution in [0.5, 0.6) is 0 Å². The lowest BCUT2D eigenvalue weighted by atomic mass is 10.2. The largest absolute Gasteiger partial charge is 0.409 e. The number of amidine groups is 1. The molecule has 0 amide bonds. The van der Waals surface area contributed by atoms with Crippen LogP contribution in [0.4, 0.5) is 10.1 Å². The number of nitrogens with zero attached hydrogens (tertiary/aromatic N) is 1. The first-order valence-corrected chi connectivity index (χ1v) is 4.10. The van der Waals surface area contributed by atoms with Crippen LogP contribution in [0, 0.1) is 12.7 Å². The smallest absolute Gasteiger partial charge is 0.158 e. The van der Waals surface area contributed by atoms with Crippen molar-refractivity contribution in [3.63, 3.8) is 0 Å². The minimum Gasteiger partial charge on any atom is -0.409 e. The molecule has 0 radical (unpaired) electrons. The predicted octanol–water partition coefficient (Wildman–Crippen LogP) is 1.29. The molecule has 1 aromatic carbocycles.